The van der Waals surface area contributed by atoms with Gasteiger partial charge in [0.2, 0.25) is 0 Å². The molecule has 0 unspecified atom stereocenters. The third-order valence-electron chi connectivity index (χ3n) is 3.97. The van der Waals surface area contributed by atoms with Crippen LogP contribution in [0.15, 0.2) is 69.1 Å². The molecule has 2 heterocycles. The minimum atomic E-state index is 0.305. The Morgan fingerprint density at radius 2 is 2.00 bits per heavy atom. The molecule has 2 aromatic carbocycles. The number of hydrogen-bond donors (Lipinski definition) is 0. The molecule has 8 heteroatoms. The van der Waals surface area contributed by atoms with Gasteiger partial charge < -0.3 is 4.84 Å². The quantitative estimate of drug-likeness (QED) is 0.243. The smallest absolute Gasteiger partial charge is 0.195 e. The fourth-order valence-corrected chi connectivity index (χ4v) is 4.50. The van der Waals surface area contributed by atoms with Gasteiger partial charge in [-0.3, -0.25) is 4.40 Å². The number of nitrogens with zero attached hydrogens (tertiary/aromatic N) is 3. The van der Waals surface area contributed by atoms with Crippen molar-refractivity contribution in [3.63, 3.8) is 0 Å². The normalized spacial score (nSPS) is 11.5. The zero-order valence-corrected chi connectivity index (χ0v) is 17.9. The van der Waals surface area contributed by atoms with Crippen LogP contribution in [-0.2, 0) is 11.4 Å². The second-order valence-electron chi connectivity index (χ2n) is 6.03. The molecule has 0 aliphatic rings. The van der Waals surface area contributed by atoms with Crippen molar-refractivity contribution in [2.75, 3.05) is 0 Å². The maximum absolute atomic E-state index is 6.03. The minimum absolute atomic E-state index is 0.305. The first kappa shape index (κ1) is 19.3. The van der Waals surface area contributed by atoms with Crippen LogP contribution >= 0.6 is 46.3 Å². The summed E-state index contributed by atoms with van der Waals surface area (Å²) in [6, 6.07) is 13.7. The second kappa shape index (κ2) is 8.57. The number of fused-ring (bicyclic) bond motifs is 1. The second-order valence-corrected chi connectivity index (χ2v) is 8.78. The van der Waals surface area contributed by atoms with Gasteiger partial charge in [-0.1, -0.05) is 63.9 Å². The van der Waals surface area contributed by atoms with Crippen LogP contribution in [-0.4, -0.2) is 15.6 Å². The topological polar surface area (TPSA) is 38.9 Å². The number of oxime groups is 1. The van der Waals surface area contributed by atoms with Gasteiger partial charge in [-0.15, -0.1) is 11.3 Å². The molecule has 0 amide bonds. The zero-order valence-electron chi connectivity index (χ0n) is 14.8. The molecule has 0 aliphatic carbocycles. The Morgan fingerprint density at radius 1 is 1.18 bits per heavy atom. The first-order valence-corrected chi connectivity index (χ1v) is 10.8. The van der Waals surface area contributed by atoms with Crippen LogP contribution in [0, 0.1) is 6.92 Å². The van der Waals surface area contributed by atoms with E-state index in [4.69, 9.17) is 33.0 Å². The van der Waals surface area contributed by atoms with Crippen molar-refractivity contribution < 1.29 is 4.84 Å². The molecule has 0 saturated carbocycles. The van der Waals surface area contributed by atoms with E-state index >= 15 is 0 Å². The van der Waals surface area contributed by atoms with Gasteiger partial charge in [0, 0.05) is 16.5 Å². The van der Waals surface area contributed by atoms with Crippen LogP contribution < -0.4 is 0 Å². The van der Waals surface area contributed by atoms with E-state index in [1.165, 1.54) is 5.56 Å². The summed E-state index contributed by atoms with van der Waals surface area (Å²) < 4.78 is 2.01. The largest absolute Gasteiger partial charge is 0.391 e. The van der Waals surface area contributed by atoms with E-state index in [9.17, 15) is 0 Å². The molecule has 4 rings (SSSR count). The number of aryl methyl sites for hydroxylation is 1. The lowest BCUT2D eigenvalue weighted by atomic mass is 10.2. The van der Waals surface area contributed by atoms with E-state index in [1.807, 2.05) is 22.0 Å². The molecule has 4 nitrogen and oxygen atoms in total. The Labute approximate surface area is 180 Å². The van der Waals surface area contributed by atoms with Crippen molar-refractivity contribution in [1.82, 2.24) is 9.38 Å². The maximum atomic E-state index is 6.03. The van der Waals surface area contributed by atoms with Gasteiger partial charge in [0.05, 0.1) is 16.3 Å². The Morgan fingerprint density at radius 3 is 2.79 bits per heavy atom. The van der Waals surface area contributed by atoms with Crippen LogP contribution in [0.25, 0.3) is 4.96 Å². The average Bonchev–Trinajstić information content (AvgIpc) is 3.25. The fraction of sp³-hybridized carbons (Fsp3) is 0.100. The van der Waals surface area contributed by atoms with E-state index < -0.39 is 0 Å². The standard InChI is InChI=1S/C20H15Cl2N3OS2/c1-13-2-5-15(6-3-13)28-19-18(25-8-9-27-20(25)24-19)11-23-26-12-14-4-7-16(21)17(22)10-14/h2-11H,12H2,1H3. The number of benzene rings is 2. The molecule has 2 aromatic heterocycles. The zero-order chi connectivity index (χ0) is 19.5. The Kier molecular flexibility index (Phi) is 5.92. The van der Waals surface area contributed by atoms with E-state index in [-0.39, 0.29) is 0 Å². The van der Waals surface area contributed by atoms with Gasteiger partial charge in [0.15, 0.2) is 4.96 Å². The van der Waals surface area contributed by atoms with Gasteiger partial charge >= 0.3 is 0 Å². The molecule has 0 bridgehead atoms. The number of rotatable bonds is 6. The summed E-state index contributed by atoms with van der Waals surface area (Å²) in [6.07, 6.45) is 3.67. The van der Waals surface area contributed by atoms with Gasteiger partial charge in [-0.25, -0.2) is 4.98 Å². The summed E-state index contributed by atoms with van der Waals surface area (Å²) >= 11 is 15.2. The highest BCUT2D eigenvalue weighted by molar-refractivity contribution is 7.99. The number of thiazole rings is 1. The lowest BCUT2D eigenvalue weighted by Gasteiger charge is -2.03. The van der Waals surface area contributed by atoms with Gasteiger partial charge in [-0.05, 0) is 36.8 Å². The summed E-state index contributed by atoms with van der Waals surface area (Å²) in [5.41, 5.74) is 3.01. The van der Waals surface area contributed by atoms with Crippen molar-refractivity contribution in [3.8, 4) is 0 Å². The molecule has 0 spiro atoms. The Balaban J connectivity index is 1.51. The van der Waals surface area contributed by atoms with Gasteiger partial charge in [0.25, 0.3) is 0 Å². The molecule has 4 aromatic rings. The fourth-order valence-electron chi connectivity index (χ4n) is 2.52. The third kappa shape index (κ3) is 4.36. The molecule has 0 radical (unpaired) electrons. The maximum Gasteiger partial charge on any atom is 0.195 e. The lowest BCUT2D eigenvalue weighted by molar-refractivity contribution is 0.132. The predicted molar refractivity (Wildman–Crippen MR) is 117 cm³/mol. The molecule has 0 aliphatic heterocycles. The minimum Gasteiger partial charge on any atom is -0.391 e. The highest BCUT2D eigenvalue weighted by Crippen LogP contribution is 2.31. The summed E-state index contributed by atoms with van der Waals surface area (Å²) in [5, 5.41) is 8.04. The highest BCUT2D eigenvalue weighted by Gasteiger charge is 2.13. The van der Waals surface area contributed by atoms with Crippen molar-refractivity contribution >= 4 is 57.5 Å². The number of aromatic nitrogens is 2. The molecule has 142 valence electrons. The molecular formula is C20H15Cl2N3OS2. The molecular weight excluding hydrogens is 433 g/mol. The van der Waals surface area contributed by atoms with Crippen molar-refractivity contribution in [3.05, 3.63) is 80.9 Å². The van der Waals surface area contributed by atoms with Crippen molar-refractivity contribution in [2.24, 2.45) is 5.16 Å². The first-order chi connectivity index (χ1) is 13.6. The van der Waals surface area contributed by atoms with Crippen LogP contribution in [0.1, 0.15) is 16.8 Å². The van der Waals surface area contributed by atoms with Crippen LogP contribution in [0.2, 0.25) is 10.0 Å². The summed E-state index contributed by atoms with van der Waals surface area (Å²) in [4.78, 5) is 12.2. The van der Waals surface area contributed by atoms with Crippen LogP contribution in [0.4, 0.5) is 0 Å². The van der Waals surface area contributed by atoms with E-state index in [0.717, 1.165) is 26.1 Å². The van der Waals surface area contributed by atoms with Gasteiger partial charge in [-0.2, -0.15) is 0 Å². The van der Waals surface area contributed by atoms with E-state index in [2.05, 4.69) is 36.3 Å². The molecule has 0 fully saturated rings. The van der Waals surface area contributed by atoms with Gasteiger partial charge in [0.1, 0.15) is 17.3 Å². The Hall–Kier alpha value is -1.99. The van der Waals surface area contributed by atoms with E-state index in [1.54, 1.807) is 41.4 Å². The third-order valence-corrected chi connectivity index (χ3v) is 6.46. The summed E-state index contributed by atoms with van der Waals surface area (Å²) in [5.74, 6) is 0. The summed E-state index contributed by atoms with van der Waals surface area (Å²) in [6.45, 7) is 2.38. The SMILES string of the molecule is Cc1ccc(Sc2nc3sccn3c2C=NOCc2ccc(Cl)c(Cl)c2)cc1. The molecule has 28 heavy (non-hydrogen) atoms. The number of halogens is 2. The summed E-state index contributed by atoms with van der Waals surface area (Å²) in [7, 11) is 0. The monoisotopic (exact) mass is 447 g/mol. The van der Waals surface area contributed by atoms with Crippen LogP contribution in [0.3, 0.4) is 0 Å². The first-order valence-electron chi connectivity index (χ1n) is 8.39. The number of imidazole rings is 1. The molecule has 0 saturated heterocycles. The lowest BCUT2D eigenvalue weighted by Crippen LogP contribution is -1.93. The number of hydrogen-bond acceptors (Lipinski definition) is 5. The highest BCUT2D eigenvalue weighted by atomic mass is 35.5. The van der Waals surface area contributed by atoms with Crippen molar-refractivity contribution in [2.45, 2.75) is 23.5 Å². The predicted octanol–water partition coefficient (Wildman–Crippen LogP) is 6.71. The van der Waals surface area contributed by atoms with Crippen molar-refractivity contribution in [1.29, 1.82) is 0 Å². The molecule has 0 N–H and O–H groups in total. The van der Waals surface area contributed by atoms with Crippen LogP contribution in [0.5, 0.6) is 0 Å². The van der Waals surface area contributed by atoms with E-state index in [0.29, 0.717) is 16.7 Å². The average molecular weight is 448 g/mol. The molecule has 0 atom stereocenters. The Bertz CT molecular complexity index is 1140.